The van der Waals surface area contributed by atoms with Crippen molar-refractivity contribution >= 4 is 11.6 Å². The van der Waals surface area contributed by atoms with E-state index in [1.165, 1.54) is 11.1 Å². The Morgan fingerprint density at radius 1 is 1.11 bits per heavy atom. The predicted octanol–water partition coefficient (Wildman–Crippen LogP) is 4.61. The van der Waals surface area contributed by atoms with Crippen molar-refractivity contribution in [3.63, 3.8) is 0 Å². The summed E-state index contributed by atoms with van der Waals surface area (Å²) < 4.78 is 25.9. The molecule has 0 bridgehead atoms. The third-order valence-electron chi connectivity index (χ3n) is 6.03. The van der Waals surface area contributed by atoms with E-state index in [9.17, 15) is 0 Å². The number of nitrogens with zero attached hydrogens (tertiary/aromatic N) is 3. The molecule has 0 saturated carbocycles. The molecule has 1 fully saturated rings. The molecule has 4 rings (SSSR count). The molecule has 7 nitrogen and oxygen atoms in total. The largest absolute Gasteiger partial charge is 0.494 e. The Balaban J connectivity index is 1.31. The molecule has 35 heavy (non-hydrogen) atoms. The third-order valence-corrected chi connectivity index (χ3v) is 6.26. The molecule has 188 valence electrons. The summed E-state index contributed by atoms with van der Waals surface area (Å²) in [6.45, 7) is 7.31. The smallest absolute Gasteiger partial charge is 0.137 e. The van der Waals surface area contributed by atoms with Gasteiger partial charge in [-0.1, -0.05) is 29.8 Å². The van der Waals surface area contributed by atoms with Gasteiger partial charge in [0.05, 0.1) is 26.0 Å². The van der Waals surface area contributed by atoms with Crippen molar-refractivity contribution in [2.45, 2.75) is 32.0 Å². The highest BCUT2D eigenvalue weighted by molar-refractivity contribution is 6.30. The highest BCUT2D eigenvalue weighted by Crippen LogP contribution is 2.23. The van der Waals surface area contributed by atoms with E-state index in [-0.39, 0.29) is 0 Å². The van der Waals surface area contributed by atoms with Gasteiger partial charge >= 0.3 is 0 Å². The van der Waals surface area contributed by atoms with Crippen LogP contribution in [0.4, 0.5) is 0 Å². The van der Waals surface area contributed by atoms with Gasteiger partial charge in [0.1, 0.15) is 23.7 Å². The zero-order valence-electron chi connectivity index (χ0n) is 20.5. The molecular formula is C27H34ClN3O4. The van der Waals surface area contributed by atoms with Crippen molar-refractivity contribution in [1.29, 1.82) is 0 Å². The highest BCUT2D eigenvalue weighted by atomic mass is 35.5. The molecule has 0 radical (unpaired) electrons. The molecule has 0 spiro atoms. The van der Waals surface area contributed by atoms with Crippen molar-refractivity contribution in [3.05, 3.63) is 77.1 Å². The molecule has 1 aliphatic heterocycles. The van der Waals surface area contributed by atoms with E-state index in [1.54, 1.807) is 7.11 Å². The van der Waals surface area contributed by atoms with Gasteiger partial charge in [-0.3, -0.25) is 9.58 Å². The lowest BCUT2D eigenvalue weighted by Crippen LogP contribution is -2.50. The number of methoxy groups -OCH3 is 1. The fourth-order valence-corrected chi connectivity index (χ4v) is 4.34. The second-order valence-electron chi connectivity index (χ2n) is 9.03. The molecule has 1 saturated heterocycles. The molecular weight excluding hydrogens is 466 g/mol. The van der Waals surface area contributed by atoms with Crippen LogP contribution in [0.3, 0.4) is 0 Å². The Morgan fingerprint density at radius 2 is 1.94 bits per heavy atom. The van der Waals surface area contributed by atoms with Crippen LogP contribution in [0.1, 0.15) is 17.5 Å². The summed E-state index contributed by atoms with van der Waals surface area (Å²) in [6, 6.07) is 15.7. The first-order valence-electron chi connectivity index (χ1n) is 12.0. The van der Waals surface area contributed by atoms with Gasteiger partial charge in [-0.15, -0.1) is 0 Å². The zero-order valence-corrected chi connectivity index (χ0v) is 21.2. The molecule has 3 aromatic rings. The Hall–Kier alpha value is -2.58. The number of aromatic nitrogens is 2. The van der Waals surface area contributed by atoms with Gasteiger partial charge in [0, 0.05) is 50.9 Å². The number of hydrogen-bond acceptors (Lipinski definition) is 6. The quantitative estimate of drug-likeness (QED) is 0.359. The topological polar surface area (TPSA) is 58.0 Å². The minimum atomic E-state index is -0.572. The fourth-order valence-electron chi connectivity index (χ4n) is 4.16. The lowest BCUT2D eigenvalue weighted by Gasteiger charge is -2.34. The number of halogens is 1. The van der Waals surface area contributed by atoms with E-state index in [0.717, 1.165) is 37.6 Å². The van der Waals surface area contributed by atoms with Crippen molar-refractivity contribution < 1.29 is 18.9 Å². The number of aryl methyl sites for hydroxylation is 2. The van der Waals surface area contributed by atoms with Crippen LogP contribution < -0.4 is 9.47 Å². The van der Waals surface area contributed by atoms with Crippen molar-refractivity contribution in [2.75, 3.05) is 46.6 Å². The number of benzene rings is 2. The van der Waals surface area contributed by atoms with E-state index in [1.807, 2.05) is 60.4 Å². The van der Waals surface area contributed by atoms with E-state index in [2.05, 4.69) is 22.1 Å². The van der Waals surface area contributed by atoms with Gasteiger partial charge in [-0.2, -0.15) is 5.10 Å². The molecule has 1 atom stereocenters. The van der Waals surface area contributed by atoms with Crippen LogP contribution >= 0.6 is 11.6 Å². The summed E-state index contributed by atoms with van der Waals surface area (Å²) in [6.07, 6.45) is 4.82. The summed E-state index contributed by atoms with van der Waals surface area (Å²) >= 11 is 6.10. The predicted molar refractivity (Wildman–Crippen MR) is 136 cm³/mol. The molecule has 0 aliphatic carbocycles. The molecule has 1 aliphatic rings. The van der Waals surface area contributed by atoms with Crippen LogP contribution in [0.2, 0.25) is 5.02 Å². The van der Waals surface area contributed by atoms with Crippen LogP contribution in [0, 0.1) is 6.92 Å². The molecule has 8 heteroatoms. The summed E-state index contributed by atoms with van der Waals surface area (Å²) in [5, 5.41) is 4.97. The minimum Gasteiger partial charge on any atom is -0.494 e. The van der Waals surface area contributed by atoms with Crippen LogP contribution in [0.25, 0.3) is 0 Å². The highest BCUT2D eigenvalue weighted by Gasteiger charge is 2.36. The molecule has 0 N–H and O–H groups in total. The minimum absolute atomic E-state index is 0.374. The van der Waals surface area contributed by atoms with E-state index >= 15 is 0 Å². The lowest BCUT2D eigenvalue weighted by atomic mass is 10.1. The lowest BCUT2D eigenvalue weighted by molar-refractivity contribution is -0.0925. The van der Waals surface area contributed by atoms with Crippen LogP contribution in [0.15, 0.2) is 60.9 Å². The van der Waals surface area contributed by atoms with E-state index in [4.69, 9.17) is 30.5 Å². The van der Waals surface area contributed by atoms with Crippen LogP contribution in [-0.2, 0) is 22.6 Å². The molecule has 2 heterocycles. The van der Waals surface area contributed by atoms with Crippen molar-refractivity contribution in [1.82, 2.24) is 14.7 Å². The van der Waals surface area contributed by atoms with Crippen LogP contribution in [0.5, 0.6) is 11.5 Å². The number of rotatable bonds is 11. The summed E-state index contributed by atoms with van der Waals surface area (Å²) in [5.41, 5.74) is 1.79. The summed E-state index contributed by atoms with van der Waals surface area (Å²) in [4.78, 5) is 2.34. The van der Waals surface area contributed by atoms with Gasteiger partial charge < -0.3 is 18.9 Å². The Kier molecular flexibility index (Phi) is 9.04. The average Bonchev–Trinajstić information content (AvgIpc) is 3.16. The zero-order chi connectivity index (χ0) is 24.5. The van der Waals surface area contributed by atoms with E-state index < -0.39 is 5.60 Å². The second kappa shape index (κ2) is 12.4. The monoisotopic (exact) mass is 499 g/mol. The Labute approximate surface area is 212 Å². The van der Waals surface area contributed by atoms with Crippen molar-refractivity contribution in [3.8, 4) is 11.5 Å². The van der Waals surface area contributed by atoms with Gasteiger partial charge in [0.2, 0.25) is 0 Å². The van der Waals surface area contributed by atoms with Gasteiger partial charge in [0.25, 0.3) is 0 Å². The van der Waals surface area contributed by atoms with Gasteiger partial charge in [-0.05, 0) is 48.4 Å². The molecule has 2 aromatic carbocycles. The van der Waals surface area contributed by atoms with Gasteiger partial charge in [0.15, 0.2) is 0 Å². The van der Waals surface area contributed by atoms with Crippen molar-refractivity contribution in [2.24, 2.45) is 0 Å². The van der Waals surface area contributed by atoms with E-state index in [0.29, 0.717) is 38.0 Å². The number of ether oxygens (including phenoxy) is 4. The summed E-state index contributed by atoms with van der Waals surface area (Å²) in [5.74, 6) is 1.60. The standard InChI is InChI=1S/C27H34ClN3O4/c1-22-16-29-31(17-22)10-5-12-34-25-8-3-6-23(14-25)18-30-11-13-33-20-27(19-30,32-2)21-35-26-9-4-7-24(28)15-26/h3-4,6-9,14-17H,5,10-13,18-21H2,1-2H3/t27-/m0/s1. The maximum Gasteiger partial charge on any atom is 0.137 e. The van der Waals surface area contributed by atoms with Crippen LogP contribution in [-0.4, -0.2) is 66.9 Å². The maximum atomic E-state index is 6.10. The molecule has 0 unspecified atom stereocenters. The fraction of sp³-hybridized carbons (Fsp3) is 0.444. The summed E-state index contributed by atoms with van der Waals surface area (Å²) in [7, 11) is 1.72. The Bertz CT molecular complexity index is 1080. The first-order valence-corrected chi connectivity index (χ1v) is 12.4. The number of hydrogen-bond donors (Lipinski definition) is 0. The average molecular weight is 500 g/mol. The normalized spacial score (nSPS) is 18.8. The molecule has 1 aromatic heterocycles. The second-order valence-corrected chi connectivity index (χ2v) is 9.46. The third kappa shape index (κ3) is 7.70. The first kappa shape index (κ1) is 25.5. The first-order chi connectivity index (χ1) is 17.0. The Morgan fingerprint density at radius 3 is 2.71 bits per heavy atom. The SMILES string of the molecule is CO[C@]1(COc2cccc(Cl)c2)COCCN(Cc2cccc(OCCCn3cc(C)cn3)c2)C1. The maximum absolute atomic E-state index is 6.10. The molecule has 0 amide bonds. The van der Waals surface area contributed by atoms with Gasteiger partial charge in [-0.25, -0.2) is 0 Å².